The number of nitrogens with zero attached hydrogens (tertiary/aromatic N) is 1. The summed E-state index contributed by atoms with van der Waals surface area (Å²) in [4.78, 5) is 37.9. The number of carbonyl (C=O) groups is 3. The number of amides is 4. The molecule has 0 unspecified atom stereocenters. The molecule has 0 atom stereocenters. The van der Waals surface area contributed by atoms with Gasteiger partial charge in [-0.1, -0.05) is 6.07 Å². The van der Waals surface area contributed by atoms with E-state index >= 15 is 0 Å². The third kappa shape index (κ3) is 4.06. The highest BCUT2D eigenvalue weighted by molar-refractivity contribution is 6.30. The number of hydrogen-bond donors (Lipinski definition) is 1. The molecule has 1 N–H and O–H groups in total. The summed E-state index contributed by atoms with van der Waals surface area (Å²) in [5, 5.41) is 2.18. The van der Waals surface area contributed by atoms with Crippen LogP contribution in [0.25, 0.3) is 6.08 Å². The zero-order valence-electron chi connectivity index (χ0n) is 15.6. The minimum Gasteiger partial charge on any atom is -0.490 e. The van der Waals surface area contributed by atoms with Crippen LogP contribution in [0.2, 0.25) is 0 Å². The highest BCUT2D eigenvalue weighted by Gasteiger charge is 2.36. The van der Waals surface area contributed by atoms with E-state index < -0.39 is 17.8 Å². The van der Waals surface area contributed by atoms with Crippen LogP contribution in [0.5, 0.6) is 11.5 Å². The Morgan fingerprint density at radius 3 is 2.50 bits per heavy atom. The predicted molar refractivity (Wildman–Crippen MR) is 99.6 cm³/mol. The molecule has 0 radical (unpaired) electrons. The number of barbiturate groups is 1. The Hall–Kier alpha value is -3.55. The van der Waals surface area contributed by atoms with Crippen LogP contribution in [0.15, 0.2) is 46.6 Å². The van der Waals surface area contributed by atoms with Crippen molar-refractivity contribution in [3.8, 4) is 11.5 Å². The molecule has 0 saturated carbocycles. The molecular weight excluding hydrogens is 364 g/mol. The second-order valence-corrected chi connectivity index (χ2v) is 5.86. The Bertz CT molecular complexity index is 917. The second-order valence-electron chi connectivity index (χ2n) is 5.86. The van der Waals surface area contributed by atoms with E-state index in [-0.39, 0.29) is 12.1 Å². The lowest BCUT2D eigenvalue weighted by Gasteiger charge is -2.25. The van der Waals surface area contributed by atoms with Gasteiger partial charge in [-0.2, -0.15) is 0 Å². The van der Waals surface area contributed by atoms with Gasteiger partial charge in [0.2, 0.25) is 0 Å². The van der Waals surface area contributed by atoms with E-state index in [4.69, 9.17) is 13.9 Å². The summed E-state index contributed by atoms with van der Waals surface area (Å²) in [5.74, 6) is 0.0536. The minimum atomic E-state index is -0.787. The van der Waals surface area contributed by atoms with Crippen molar-refractivity contribution in [3.63, 3.8) is 0 Å². The molecule has 1 fully saturated rings. The van der Waals surface area contributed by atoms with Crippen LogP contribution in [-0.2, 0) is 16.1 Å². The van der Waals surface area contributed by atoms with E-state index in [0.29, 0.717) is 36.0 Å². The van der Waals surface area contributed by atoms with Crippen molar-refractivity contribution in [1.82, 2.24) is 10.2 Å². The molecule has 1 aliphatic rings. The van der Waals surface area contributed by atoms with Crippen LogP contribution in [-0.4, -0.2) is 36.0 Å². The molecule has 3 rings (SSSR count). The topological polar surface area (TPSA) is 98.1 Å². The van der Waals surface area contributed by atoms with Gasteiger partial charge >= 0.3 is 6.03 Å². The van der Waals surface area contributed by atoms with Crippen molar-refractivity contribution >= 4 is 23.9 Å². The van der Waals surface area contributed by atoms with Crippen LogP contribution in [0.1, 0.15) is 25.2 Å². The molecule has 0 spiro atoms. The van der Waals surface area contributed by atoms with Gasteiger partial charge in [0, 0.05) is 0 Å². The van der Waals surface area contributed by atoms with Gasteiger partial charge in [0.1, 0.15) is 11.3 Å². The fraction of sp³-hybridized carbons (Fsp3) is 0.250. The standard InChI is InChI=1S/C20H20N2O6/c1-3-26-16-8-7-13(11-17(16)27-4-2)10-15-18(23)21-20(25)22(19(15)24)12-14-6-5-9-28-14/h5-11H,3-4,12H2,1-2H3,(H,21,23,25)/b15-10+. The number of carbonyl (C=O) groups excluding carboxylic acids is 3. The number of furan rings is 1. The first-order valence-electron chi connectivity index (χ1n) is 8.84. The van der Waals surface area contributed by atoms with E-state index in [0.717, 1.165) is 4.90 Å². The Morgan fingerprint density at radius 1 is 1.07 bits per heavy atom. The smallest absolute Gasteiger partial charge is 0.331 e. The zero-order chi connectivity index (χ0) is 20.1. The highest BCUT2D eigenvalue weighted by Crippen LogP contribution is 2.30. The van der Waals surface area contributed by atoms with Crippen molar-refractivity contribution in [3.05, 3.63) is 53.5 Å². The van der Waals surface area contributed by atoms with Gasteiger partial charge < -0.3 is 13.9 Å². The monoisotopic (exact) mass is 384 g/mol. The van der Waals surface area contributed by atoms with Crippen molar-refractivity contribution in [1.29, 1.82) is 0 Å². The van der Waals surface area contributed by atoms with Crippen LogP contribution in [0.4, 0.5) is 4.79 Å². The van der Waals surface area contributed by atoms with Gasteiger partial charge in [-0.25, -0.2) is 4.79 Å². The van der Waals surface area contributed by atoms with Crippen LogP contribution in [0.3, 0.4) is 0 Å². The molecule has 1 saturated heterocycles. The van der Waals surface area contributed by atoms with Gasteiger partial charge in [0.05, 0.1) is 26.0 Å². The normalized spacial score (nSPS) is 15.7. The molecule has 28 heavy (non-hydrogen) atoms. The SMILES string of the molecule is CCOc1ccc(/C=C2\C(=O)NC(=O)N(Cc3ccco3)C2=O)cc1OCC. The molecule has 0 aliphatic carbocycles. The van der Waals surface area contributed by atoms with Crippen molar-refractivity contribution in [2.75, 3.05) is 13.2 Å². The number of ether oxygens (including phenoxy) is 2. The van der Waals surface area contributed by atoms with Gasteiger partial charge in [-0.05, 0) is 49.8 Å². The fourth-order valence-corrected chi connectivity index (χ4v) is 2.72. The number of urea groups is 1. The van der Waals surface area contributed by atoms with Crippen molar-refractivity contribution in [2.45, 2.75) is 20.4 Å². The molecule has 146 valence electrons. The van der Waals surface area contributed by atoms with E-state index in [1.54, 1.807) is 30.3 Å². The van der Waals surface area contributed by atoms with Crippen LogP contribution in [0, 0.1) is 0 Å². The number of nitrogens with one attached hydrogen (secondary N) is 1. The lowest BCUT2D eigenvalue weighted by Crippen LogP contribution is -2.53. The lowest BCUT2D eigenvalue weighted by molar-refractivity contribution is -0.130. The number of rotatable bonds is 7. The summed E-state index contributed by atoms with van der Waals surface area (Å²) < 4.78 is 16.3. The summed E-state index contributed by atoms with van der Waals surface area (Å²) >= 11 is 0. The molecule has 0 bridgehead atoms. The van der Waals surface area contributed by atoms with E-state index in [9.17, 15) is 14.4 Å². The van der Waals surface area contributed by atoms with Crippen LogP contribution >= 0.6 is 0 Å². The molecule has 2 aromatic rings. The van der Waals surface area contributed by atoms with E-state index in [1.807, 2.05) is 13.8 Å². The molecule has 1 aliphatic heterocycles. The maximum atomic E-state index is 12.7. The molecule has 1 aromatic heterocycles. The predicted octanol–water partition coefficient (Wildman–Crippen LogP) is 2.74. The van der Waals surface area contributed by atoms with Gasteiger partial charge in [0.25, 0.3) is 11.8 Å². The summed E-state index contributed by atoms with van der Waals surface area (Å²) in [6.45, 7) is 4.55. The molecule has 4 amide bonds. The molecule has 8 heteroatoms. The van der Waals surface area contributed by atoms with Gasteiger partial charge in [-0.3, -0.25) is 19.8 Å². The van der Waals surface area contributed by atoms with E-state index in [1.165, 1.54) is 12.3 Å². The number of hydrogen-bond acceptors (Lipinski definition) is 6. The Labute approximate surface area is 161 Å². The Balaban J connectivity index is 1.90. The second kappa shape index (κ2) is 8.43. The Morgan fingerprint density at radius 2 is 1.82 bits per heavy atom. The maximum absolute atomic E-state index is 12.7. The first-order chi connectivity index (χ1) is 13.5. The van der Waals surface area contributed by atoms with Gasteiger partial charge in [-0.15, -0.1) is 0 Å². The molecular formula is C20H20N2O6. The fourth-order valence-electron chi connectivity index (χ4n) is 2.72. The molecule has 1 aromatic carbocycles. The van der Waals surface area contributed by atoms with Crippen molar-refractivity contribution < 1.29 is 28.3 Å². The summed E-state index contributed by atoms with van der Waals surface area (Å²) in [7, 11) is 0. The minimum absolute atomic E-state index is 0.0737. The third-order valence-electron chi connectivity index (χ3n) is 3.96. The number of imide groups is 2. The average molecular weight is 384 g/mol. The first kappa shape index (κ1) is 19.2. The highest BCUT2D eigenvalue weighted by atomic mass is 16.5. The Kier molecular flexibility index (Phi) is 5.78. The maximum Gasteiger partial charge on any atom is 0.331 e. The van der Waals surface area contributed by atoms with Crippen molar-refractivity contribution in [2.24, 2.45) is 0 Å². The largest absolute Gasteiger partial charge is 0.490 e. The quantitative estimate of drug-likeness (QED) is 0.582. The number of benzene rings is 1. The first-order valence-corrected chi connectivity index (χ1v) is 8.84. The van der Waals surface area contributed by atoms with Crippen LogP contribution < -0.4 is 14.8 Å². The molecule has 2 heterocycles. The van der Waals surface area contributed by atoms with E-state index in [2.05, 4.69) is 5.32 Å². The lowest BCUT2D eigenvalue weighted by atomic mass is 10.1. The molecule has 8 nitrogen and oxygen atoms in total. The summed E-state index contributed by atoms with van der Waals surface area (Å²) in [6, 6.07) is 7.59. The van der Waals surface area contributed by atoms with Gasteiger partial charge in [0.15, 0.2) is 11.5 Å². The third-order valence-corrected chi connectivity index (χ3v) is 3.96. The zero-order valence-corrected chi connectivity index (χ0v) is 15.6. The summed E-state index contributed by atoms with van der Waals surface area (Å²) in [5.41, 5.74) is 0.412. The summed E-state index contributed by atoms with van der Waals surface area (Å²) in [6.07, 6.45) is 2.86. The average Bonchev–Trinajstić information content (AvgIpc) is 3.18.